The number of aliphatic carboxylic acids is 1. The van der Waals surface area contributed by atoms with Crippen molar-refractivity contribution in [3.8, 4) is 11.5 Å². The third kappa shape index (κ3) is 5.85. The Bertz CT molecular complexity index is 1000. The molecule has 3 rings (SSSR count). The van der Waals surface area contributed by atoms with Gasteiger partial charge in [-0.1, -0.05) is 38.1 Å². The van der Waals surface area contributed by atoms with E-state index in [9.17, 15) is 19.5 Å². The highest BCUT2D eigenvalue weighted by Gasteiger charge is 2.24. The molecule has 8 heteroatoms. The number of ether oxygens (including phenoxy) is 2. The Labute approximate surface area is 179 Å². The van der Waals surface area contributed by atoms with E-state index in [0.29, 0.717) is 22.6 Å². The van der Waals surface area contributed by atoms with Gasteiger partial charge in [-0.3, -0.25) is 9.59 Å². The van der Waals surface area contributed by atoms with Gasteiger partial charge in [-0.2, -0.15) is 0 Å². The second kappa shape index (κ2) is 9.80. The Morgan fingerprint density at radius 1 is 1.06 bits per heavy atom. The van der Waals surface area contributed by atoms with Crippen molar-refractivity contribution < 1.29 is 29.0 Å². The average Bonchev–Trinajstić information content (AvgIpc) is 3.20. The molecule has 0 aromatic heterocycles. The highest BCUT2D eigenvalue weighted by molar-refractivity contribution is 6.06. The molecule has 0 radical (unpaired) electrons. The number of fused-ring (bicyclic) bond motifs is 1. The lowest BCUT2D eigenvalue weighted by molar-refractivity contribution is -0.141. The monoisotopic (exact) mass is 424 g/mol. The molecule has 0 spiro atoms. The zero-order chi connectivity index (χ0) is 22.4. The fourth-order valence-electron chi connectivity index (χ4n) is 3.04. The van der Waals surface area contributed by atoms with Gasteiger partial charge in [0.25, 0.3) is 11.8 Å². The van der Waals surface area contributed by atoms with E-state index in [2.05, 4.69) is 10.6 Å². The van der Waals surface area contributed by atoms with Gasteiger partial charge in [0.1, 0.15) is 11.7 Å². The van der Waals surface area contributed by atoms with Crippen LogP contribution in [-0.2, 0) is 9.59 Å². The number of nitrogens with one attached hydrogen (secondary N) is 2. The quantitative estimate of drug-likeness (QED) is 0.562. The number of rotatable bonds is 8. The predicted molar refractivity (Wildman–Crippen MR) is 113 cm³/mol. The number of carboxylic acid groups (broad SMARTS) is 1. The zero-order valence-electron chi connectivity index (χ0n) is 17.3. The second-order valence-electron chi connectivity index (χ2n) is 7.48. The standard InChI is InChI=1S/C23H24N2O6/c1-14(2)10-18(23(28)29)25-22(27)17(24-21(26)16-6-4-3-5-7-16)11-15-8-9-19-20(12-15)31-13-30-19/h3-9,11-12,14,18H,10,13H2,1-2H3,(H,24,26)(H,25,27)(H,28,29)/b17-11+/t18-/m0/s1. The van der Waals surface area contributed by atoms with E-state index in [-0.39, 0.29) is 24.8 Å². The van der Waals surface area contributed by atoms with Crippen LogP contribution in [0, 0.1) is 5.92 Å². The Hall–Kier alpha value is -3.81. The average molecular weight is 424 g/mol. The molecule has 2 amide bonds. The van der Waals surface area contributed by atoms with Crippen molar-refractivity contribution in [1.82, 2.24) is 10.6 Å². The van der Waals surface area contributed by atoms with Crippen LogP contribution in [0.25, 0.3) is 6.08 Å². The lowest BCUT2D eigenvalue weighted by Gasteiger charge is -2.18. The Balaban J connectivity index is 1.88. The number of carboxylic acids is 1. The van der Waals surface area contributed by atoms with Crippen LogP contribution >= 0.6 is 0 Å². The van der Waals surface area contributed by atoms with Crippen molar-refractivity contribution >= 4 is 23.9 Å². The molecule has 1 atom stereocenters. The minimum Gasteiger partial charge on any atom is -0.480 e. The van der Waals surface area contributed by atoms with E-state index < -0.39 is 23.8 Å². The molecule has 0 fully saturated rings. The van der Waals surface area contributed by atoms with Gasteiger partial charge in [-0.05, 0) is 48.2 Å². The molecule has 2 aromatic carbocycles. The minimum atomic E-state index is -1.14. The van der Waals surface area contributed by atoms with E-state index in [4.69, 9.17) is 9.47 Å². The van der Waals surface area contributed by atoms with Crippen LogP contribution in [0.2, 0.25) is 0 Å². The normalized spacial score (nSPS) is 13.6. The van der Waals surface area contributed by atoms with Gasteiger partial charge in [-0.25, -0.2) is 4.79 Å². The molecular formula is C23H24N2O6. The van der Waals surface area contributed by atoms with Crippen LogP contribution in [0.3, 0.4) is 0 Å². The summed E-state index contributed by atoms with van der Waals surface area (Å²) in [6, 6.07) is 12.4. The summed E-state index contributed by atoms with van der Waals surface area (Å²) >= 11 is 0. The van der Waals surface area contributed by atoms with Gasteiger partial charge >= 0.3 is 5.97 Å². The topological polar surface area (TPSA) is 114 Å². The molecule has 31 heavy (non-hydrogen) atoms. The van der Waals surface area contributed by atoms with Crippen molar-refractivity contribution in [2.75, 3.05) is 6.79 Å². The predicted octanol–water partition coefficient (Wildman–Crippen LogP) is 2.80. The molecule has 0 saturated heterocycles. The Morgan fingerprint density at radius 3 is 2.45 bits per heavy atom. The first kappa shape index (κ1) is 21.9. The molecule has 2 aromatic rings. The van der Waals surface area contributed by atoms with Gasteiger partial charge < -0.3 is 25.2 Å². The van der Waals surface area contributed by atoms with Gasteiger partial charge in [0.15, 0.2) is 11.5 Å². The van der Waals surface area contributed by atoms with Crippen LogP contribution in [0.5, 0.6) is 11.5 Å². The summed E-state index contributed by atoms with van der Waals surface area (Å²) in [7, 11) is 0. The molecule has 162 valence electrons. The number of carbonyl (C=O) groups is 3. The number of amides is 2. The summed E-state index contributed by atoms with van der Waals surface area (Å²) in [5, 5.41) is 14.5. The summed E-state index contributed by atoms with van der Waals surface area (Å²) in [6.07, 6.45) is 1.72. The first-order valence-corrected chi connectivity index (χ1v) is 9.85. The largest absolute Gasteiger partial charge is 0.480 e. The lowest BCUT2D eigenvalue weighted by atomic mass is 10.0. The molecule has 1 heterocycles. The maximum atomic E-state index is 12.9. The number of hydrogen-bond acceptors (Lipinski definition) is 5. The van der Waals surface area contributed by atoms with Crippen molar-refractivity contribution in [1.29, 1.82) is 0 Å². The van der Waals surface area contributed by atoms with Crippen molar-refractivity contribution in [3.05, 3.63) is 65.4 Å². The maximum absolute atomic E-state index is 12.9. The molecule has 0 saturated carbocycles. The fraction of sp³-hybridized carbons (Fsp3) is 0.261. The van der Waals surface area contributed by atoms with Gasteiger partial charge in [0.2, 0.25) is 6.79 Å². The van der Waals surface area contributed by atoms with E-state index in [1.807, 2.05) is 13.8 Å². The lowest BCUT2D eigenvalue weighted by Crippen LogP contribution is -2.45. The van der Waals surface area contributed by atoms with Crippen molar-refractivity contribution in [3.63, 3.8) is 0 Å². The van der Waals surface area contributed by atoms with Crippen LogP contribution in [-0.4, -0.2) is 35.7 Å². The summed E-state index contributed by atoms with van der Waals surface area (Å²) in [5.41, 5.74) is 0.866. The zero-order valence-corrected chi connectivity index (χ0v) is 17.3. The van der Waals surface area contributed by atoms with E-state index in [1.165, 1.54) is 6.08 Å². The maximum Gasteiger partial charge on any atom is 0.326 e. The molecule has 1 aliphatic heterocycles. The SMILES string of the molecule is CC(C)C[C@H](NC(=O)/C(=C\c1ccc2c(c1)OCO2)NC(=O)c1ccccc1)C(=O)O. The summed E-state index contributed by atoms with van der Waals surface area (Å²) in [4.78, 5) is 37.1. The summed E-state index contributed by atoms with van der Waals surface area (Å²) in [6.45, 7) is 3.83. The third-order valence-corrected chi connectivity index (χ3v) is 4.55. The van der Waals surface area contributed by atoms with Crippen molar-refractivity contribution in [2.24, 2.45) is 5.92 Å². The number of benzene rings is 2. The summed E-state index contributed by atoms with van der Waals surface area (Å²) in [5.74, 6) is -1.17. The molecule has 0 aliphatic carbocycles. The highest BCUT2D eigenvalue weighted by Crippen LogP contribution is 2.33. The van der Waals surface area contributed by atoms with Crippen LogP contribution in [0.15, 0.2) is 54.2 Å². The summed E-state index contributed by atoms with van der Waals surface area (Å²) < 4.78 is 10.6. The number of hydrogen-bond donors (Lipinski definition) is 3. The van der Waals surface area contributed by atoms with Crippen LogP contribution in [0.4, 0.5) is 0 Å². The smallest absolute Gasteiger partial charge is 0.326 e. The second-order valence-corrected chi connectivity index (χ2v) is 7.48. The van der Waals surface area contributed by atoms with Crippen LogP contribution < -0.4 is 20.1 Å². The van der Waals surface area contributed by atoms with E-state index in [1.54, 1.807) is 48.5 Å². The van der Waals surface area contributed by atoms with Crippen molar-refractivity contribution in [2.45, 2.75) is 26.3 Å². The van der Waals surface area contributed by atoms with E-state index >= 15 is 0 Å². The fourth-order valence-corrected chi connectivity index (χ4v) is 3.04. The minimum absolute atomic E-state index is 0.0570. The highest BCUT2D eigenvalue weighted by atomic mass is 16.7. The van der Waals surface area contributed by atoms with Gasteiger partial charge in [0.05, 0.1) is 0 Å². The molecule has 0 unspecified atom stereocenters. The molecule has 8 nitrogen and oxygen atoms in total. The molecular weight excluding hydrogens is 400 g/mol. The molecule has 0 bridgehead atoms. The Morgan fingerprint density at radius 2 is 1.77 bits per heavy atom. The van der Waals surface area contributed by atoms with E-state index in [0.717, 1.165) is 0 Å². The van der Waals surface area contributed by atoms with Gasteiger partial charge in [0, 0.05) is 5.56 Å². The third-order valence-electron chi connectivity index (χ3n) is 4.55. The van der Waals surface area contributed by atoms with Gasteiger partial charge in [-0.15, -0.1) is 0 Å². The number of carbonyl (C=O) groups excluding carboxylic acids is 2. The Kier molecular flexibility index (Phi) is 6.92. The van der Waals surface area contributed by atoms with Crippen LogP contribution in [0.1, 0.15) is 36.2 Å². The molecule has 1 aliphatic rings. The first-order chi connectivity index (χ1) is 14.8. The molecule has 3 N–H and O–H groups in total. The first-order valence-electron chi connectivity index (χ1n) is 9.85.